The SMILES string of the molecule is C=C1[C@@H](OC(C)(C)C)O[C@H](COC)[C@H](OC)[C@@H]1OC. The first-order valence-corrected chi connectivity index (χ1v) is 6.40. The van der Waals surface area contributed by atoms with Gasteiger partial charge >= 0.3 is 0 Å². The third kappa shape index (κ3) is 4.26. The molecule has 1 heterocycles. The van der Waals surface area contributed by atoms with E-state index in [1.165, 1.54) is 0 Å². The molecule has 0 amide bonds. The largest absolute Gasteiger partial charge is 0.382 e. The van der Waals surface area contributed by atoms with Crippen LogP contribution in [0.25, 0.3) is 0 Å². The minimum atomic E-state index is -0.517. The van der Waals surface area contributed by atoms with E-state index in [2.05, 4.69) is 6.58 Å². The van der Waals surface area contributed by atoms with Crippen LogP contribution in [0.1, 0.15) is 20.8 Å². The Bertz CT molecular complexity index is 297. The number of hydrogen-bond donors (Lipinski definition) is 0. The van der Waals surface area contributed by atoms with Gasteiger partial charge in [-0.05, 0) is 20.8 Å². The fourth-order valence-corrected chi connectivity index (χ4v) is 2.15. The molecule has 0 unspecified atom stereocenters. The highest BCUT2D eigenvalue weighted by Gasteiger charge is 2.43. The summed E-state index contributed by atoms with van der Waals surface area (Å²) < 4.78 is 27.9. The van der Waals surface area contributed by atoms with Crippen LogP contribution in [0.5, 0.6) is 0 Å². The molecule has 1 saturated heterocycles. The number of rotatable bonds is 5. The van der Waals surface area contributed by atoms with Crippen LogP contribution >= 0.6 is 0 Å². The van der Waals surface area contributed by atoms with Crippen LogP contribution in [-0.4, -0.2) is 58.1 Å². The second kappa shape index (κ2) is 6.81. The maximum Gasteiger partial charge on any atom is 0.183 e. The Kier molecular flexibility index (Phi) is 5.95. The minimum Gasteiger partial charge on any atom is -0.382 e. The molecule has 0 bridgehead atoms. The van der Waals surface area contributed by atoms with Gasteiger partial charge in [0.1, 0.15) is 18.3 Å². The summed E-state index contributed by atoms with van der Waals surface area (Å²) in [6.07, 6.45) is -1.29. The third-order valence-corrected chi connectivity index (χ3v) is 2.95. The molecule has 0 N–H and O–H groups in total. The second-order valence-electron chi connectivity index (χ2n) is 5.62. The molecule has 1 rings (SSSR count). The lowest BCUT2D eigenvalue weighted by Gasteiger charge is -2.43. The van der Waals surface area contributed by atoms with Gasteiger partial charge < -0.3 is 23.7 Å². The third-order valence-electron chi connectivity index (χ3n) is 2.95. The molecular formula is C14H26O5. The van der Waals surface area contributed by atoms with E-state index < -0.39 is 6.29 Å². The molecule has 0 spiro atoms. The van der Waals surface area contributed by atoms with E-state index in [4.69, 9.17) is 23.7 Å². The van der Waals surface area contributed by atoms with Gasteiger partial charge in [0.05, 0.1) is 12.2 Å². The quantitative estimate of drug-likeness (QED) is 0.715. The number of ether oxygens (including phenoxy) is 5. The Balaban J connectivity index is 2.88. The lowest BCUT2D eigenvalue weighted by atomic mass is 9.97. The van der Waals surface area contributed by atoms with Crippen molar-refractivity contribution in [1.29, 1.82) is 0 Å². The van der Waals surface area contributed by atoms with E-state index in [0.717, 1.165) is 5.57 Å². The first kappa shape index (κ1) is 16.6. The molecule has 0 aromatic rings. The van der Waals surface area contributed by atoms with Gasteiger partial charge in [-0.25, -0.2) is 0 Å². The molecule has 19 heavy (non-hydrogen) atoms. The molecule has 0 saturated carbocycles. The fraction of sp³-hybridized carbons (Fsp3) is 0.857. The van der Waals surface area contributed by atoms with Gasteiger partial charge in [-0.15, -0.1) is 0 Å². The van der Waals surface area contributed by atoms with Gasteiger partial charge in [0.25, 0.3) is 0 Å². The van der Waals surface area contributed by atoms with Crippen LogP contribution in [0.15, 0.2) is 12.2 Å². The van der Waals surface area contributed by atoms with E-state index in [-0.39, 0.29) is 23.9 Å². The zero-order valence-electron chi connectivity index (χ0n) is 12.8. The zero-order chi connectivity index (χ0) is 14.6. The Hall–Kier alpha value is -0.460. The van der Waals surface area contributed by atoms with Gasteiger partial charge in [0.2, 0.25) is 0 Å². The second-order valence-corrected chi connectivity index (χ2v) is 5.62. The molecule has 112 valence electrons. The molecule has 5 nitrogen and oxygen atoms in total. The topological polar surface area (TPSA) is 46.2 Å². The van der Waals surface area contributed by atoms with Crippen molar-refractivity contribution in [2.45, 2.75) is 51.0 Å². The van der Waals surface area contributed by atoms with E-state index in [0.29, 0.717) is 6.61 Å². The molecule has 1 aliphatic rings. The standard InChI is InChI=1S/C14H26O5/c1-9-11(16-6)12(17-7)10(8-15-5)18-13(9)19-14(2,3)4/h10-13H,1,8H2,2-7H3/t10-,11-,12+,13-/m1/s1. The molecule has 4 atom stereocenters. The van der Waals surface area contributed by atoms with Crippen molar-refractivity contribution in [3.05, 3.63) is 12.2 Å². The molecule has 5 heteroatoms. The Morgan fingerprint density at radius 2 is 1.79 bits per heavy atom. The Morgan fingerprint density at radius 3 is 2.21 bits per heavy atom. The number of hydrogen-bond acceptors (Lipinski definition) is 5. The van der Waals surface area contributed by atoms with Gasteiger partial charge in [0.15, 0.2) is 6.29 Å². The van der Waals surface area contributed by atoms with Crippen LogP contribution in [0, 0.1) is 0 Å². The highest BCUT2D eigenvalue weighted by molar-refractivity contribution is 5.14. The average Bonchev–Trinajstić information content (AvgIpc) is 2.31. The predicted molar refractivity (Wildman–Crippen MR) is 72.1 cm³/mol. The maximum atomic E-state index is 5.90. The minimum absolute atomic E-state index is 0.252. The summed E-state index contributed by atoms with van der Waals surface area (Å²) in [6, 6.07) is 0. The van der Waals surface area contributed by atoms with Gasteiger partial charge in [-0.1, -0.05) is 6.58 Å². The molecule has 1 aliphatic heterocycles. The van der Waals surface area contributed by atoms with Gasteiger partial charge in [0, 0.05) is 26.9 Å². The Morgan fingerprint density at radius 1 is 1.16 bits per heavy atom. The fourth-order valence-electron chi connectivity index (χ4n) is 2.15. The summed E-state index contributed by atoms with van der Waals surface area (Å²) in [4.78, 5) is 0. The van der Waals surface area contributed by atoms with E-state index in [9.17, 15) is 0 Å². The highest BCUT2D eigenvalue weighted by atomic mass is 16.7. The Labute approximate surface area is 115 Å². The van der Waals surface area contributed by atoms with Crippen molar-refractivity contribution in [2.24, 2.45) is 0 Å². The lowest BCUT2D eigenvalue weighted by molar-refractivity contribution is -0.259. The number of methoxy groups -OCH3 is 3. The van der Waals surface area contributed by atoms with Gasteiger partial charge in [-0.3, -0.25) is 0 Å². The van der Waals surface area contributed by atoms with Crippen LogP contribution in [0.4, 0.5) is 0 Å². The van der Waals surface area contributed by atoms with Crippen molar-refractivity contribution >= 4 is 0 Å². The smallest absolute Gasteiger partial charge is 0.183 e. The highest BCUT2D eigenvalue weighted by Crippen LogP contribution is 2.31. The van der Waals surface area contributed by atoms with Crippen LogP contribution < -0.4 is 0 Å². The first-order chi connectivity index (χ1) is 8.84. The summed E-state index contributed by atoms with van der Waals surface area (Å²) in [5, 5.41) is 0. The van der Waals surface area contributed by atoms with E-state index in [1.807, 2.05) is 20.8 Å². The molecule has 0 aromatic heterocycles. The van der Waals surface area contributed by atoms with Crippen LogP contribution in [0.2, 0.25) is 0 Å². The van der Waals surface area contributed by atoms with Crippen molar-refractivity contribution in [3.63, 3.8) is 0 Å². The van der Waals surface area contributed by atoms with E-state index >= 15 is 0 Å². The van der Waals surface area contributed by atoms with Crippen LogP contribution in [0.3, 0.4) is 0 Å². The van der Waals surface area contributed by atoms with Crippen LogP contribution in [-0.2, 0) is 23.7 Å². The predicted octanol–water partition coefficient (Wildman–Crippen LogP) is 1.76. The summed E-state index contributed by atoms with van der Waals surface area (Å²) in [5.41, 5.74) is 0.403. The maximum absolute atomic E-state index is 5.90. The summed E-state index contributed by atoms with van der Waals surface area (Å²) >= 11 is 0. The average molecular weight is 274 g/mol. The van der Waals surface area contributed by atoms with Crippen molar-refractivity contribution < 1.29 is 23.7 Å². The molecule has 1 fully saturated rings. The van der Waals surface area contributed by atoms with Crippen molar-refractivity contribution in [1.82, 2.24) is 0 Å². The summed E-state index contributed by atoms with van der Waals surface area (Å²) in [6.45, 7) is 10.4. The molecule has 0 radical (unpaired) electrons. The summed E-state index contributed by atoms with van der Waals surface area (Å²) in [5.74, 6) is 0. The van der Waals surface area contributed by atoms with E-state index in [1.54, 1.807) is 21.3 Å². The molecule has 0 aliphatic carbocycles. The normalized spacial score (nSPS) is 32.6. The van der Waals surface area contributed by atoms with Gasteiger partial charge in [-0.2, -0.15) is 0 Å². The summed E-state index contributed by atoms with van der Waals surface area (Å²) in [7, 11) is 4.88. The zero-order valence-corrected chi connectivity index (χ0v) is 12.8. The van der Waals surface area contributed by atoms with Crippen molar-refractivity contribution in [3.8, 4) is 0 Å². The lowest BCUT2D eigenvalue weighted by Crippen LogP contribution is -2.54. The monoisotopic (exact) mass is 274 g/mol. The van der Waals surface area contributed by atoms with Crippen molar-refractivity contribution in [2.75, 3.05) is 27.9 Å². The molecule has 0 aromatic carbocycles. The molecular weight excluding hydrogens is 248 g/mol. The first-order valence-electron chi connectivity index (χ1n) is 6.40.